The number of hydrogen-bond acceptors (Lipinski definition) is 3. The van der Waals surface area contributed by atoms with E-state index in [-0.39, 0.29) is 18.2 Å². The van der Waals surface area contributed by atoms with E-state index in [4.69, 9.17) is 0 Å². The number of piperidine rings is 1. The highest BCUT2D eigenvalue weighted by atomic mass is 16.2. The fourth-order valence-corrected chi connectivity index (χ4v) is 3.86. The molecule has 0 spiro atoms. The summed E-state index contributed by atoms with van der Waals surface area (Å²) in [5.74, 6) is 0.0385. The first-order chi connectivity index (χ1) is 11.5. The standard InChI is InChI=1S/C19H27N3O2/c1-19(9-10-20-17(23)13-19)18(24)21(2)14-15-7-3-4-8-16(15)22-11-5-6-12-22/h3-4,7-8H,5-6,9-14H2,1-2H3,(H,20,23). The second-order valence-corrected chi connectivity index (χ2v) is 7.32. The highest BCUT2D eigenvalue weighted by Crippen LogP contribution is 2.32. The molecule has 0 saturated carbocycles. The minimum absolute atomic E-state index is 0.0250. The fourth-order valence-electron chi connectivity index (χ4n) is 3.86. The molecule has 1 atom stereocenters. The summed E-state index contributed by atoms with van der Waals surface area (Å²) in [5.41, 5.74) is 1.83. The molecule has 130 valence electrons. The molecule has 2 amide bonds. The first kappa shape index (κ1) is 16.8. The topological polar surface area (TPSA) is 52.6 Å². The van der Waals surface area contributed by atoms with Gasteiger partial charge in [0.25, 0.3) is 0 Å². The van der Waals surface area contributed by atoms with Gasteiger partial charge in [-0.25, -0.2) is 0 Å². The minimum atomic E-state index is -0.584. The molecule has 1 N–H and O–H groups in total. The predicted molar refractivity (Wildman–Crippen MR) is 94.7 cm³/mol. The Morgan fingerprint density at radius 3 is 2.71 bits per heavy atom. The molecule has 2 aliphatic rings. The Hall–Kier alpha value is -2.04. The summed E-state index contributed by atoms with van der Waals surface area (Å²) in [6.07, 6.45) is 3.45. The number of carbonyl (C=O) groups is 2. The van der Waals surface area contributed by atoms with E-state index >= 15 is 0 Å². The van der Waals surface area contributed by atoms with Crippen LogP contribution in [0, 0.1) is 5.41 Å². The van der Waals surface area contributed by atoms with Gasteiger partial charge in [-0.05, 0) is 30.9 Å². The zero-order chi connectivity index (χ0) is 17.2. The van der Waals surface area contributed by atoms with Crippen LogP contribution < -0.4 is 10.2 Å². The number of benzene rings is 1. The lowest BCUT2D eigenvalue weighted by Gasteiger charge is -2.35. The number of nitrogens with zero attached hydrogens (tertiary/aromatic N) is 2. The third kappa shape index (κ3) is 3.40. The van der Waals surface area contributed by atoms with Crippen LogP contribution in [0.4, 0.5) is 5.69 Å². The Kier molecular flexibility index (Phi) is 4.78. The van der Waals surface area contributed by atoms with Crippen molar-refractivity contribution < 1.29 is 9.59 Å². The van der Waals surface area contributed by atoms with Crippen LogP contribution in [-0.2, 0) is 16.1 Å². The largest absolute Gasteiger partial charge is 0.371 e. The second kappa shape index (κ2) is 6.83. The Balaban J connectivity index is 1.73. The Bertz CT molecular complexity index is 625. The summed E-state index contributed by atoms with van der Waals surface area (Å²) >= 11 is 0. The van der Waals surface area contributed by atoms with Gasteiger partial charge < -0.3 is 15.1 Å². The maximum absolute atomic E-state index is 12.9. The van der Waals surface area contributed by atoms with Crippen LogP contribution >= 0.6 is 0 Å². The summed E-state index contributed by atoms with van der Waals surface area (Å²) in [6, 6.07) is 8.34. The summed E-state index contributed by atoms with van der Waals surface area (Å²) in [4.78, 5) is 28.8. The normalized spacial score (nSPS) is 23.9. The lowest BCUT2D eigenvalue weighted by Crippen LogP contribution is -2.48. The molecule has 0 aromatic heterocycles. The van der Waals surface area contributed by atoms with Crippen molar-refractivity contribution in [3.63, 3.8) is 0 Å². The molecule has 2 saturated heterocycles. The van der Waals surface area contributed by atoms with Crippen molar-refractivity contribution in [2.24, 2.45) is 5.41 Å². The molecule has 5 heteroatoms. The lowest BCUT2D eigenvalue weighted by atomic mass is 9.79. The predicted octanol–water partition coefficient (Wildman–Crippen LogP) is 2.16. The average Bonchev–Trinajstić information content (AvgIpc) is 3.08. The monoisotopic (exact) mass is 329 g/mol. The zero-order valence-electron chi connectivity index (χ0n) is 14.7. The van der Waals surface area contributed by atoms with E-state index in [0.717, 1.165) is 13.1 Å². The van der Waals surface area contributed by atoms with Crippen molar-refractivity contribution in [2.45, 2.75) is 39.2 Å². The lowest BCUT2D eigenvalue weighted by molar-refractivity contribution is -0.146. The van der Waals surface area contributed by atoms with Gasteiger partial charge in [0.15, 0.2) is 0 Å². The molecule has 2 aliphatic heterocycles. The van der Waals surface area contributed by atoms with E-state index in [2.05, 4.69) is 28.4 Å². The van der Waals surface area contributed by atoms with Crippen LogP contribution in [0.3, 0.4) is 0 Å². The zero-order valence-corrected chi connectivity index (χ0v) is 14.7. The SMILES string of the molecule is CN(Cc1ccccc1N1CCCC1)C(=O)C1(C)CCNC(=O)C1. The van der Waals surface area contributed by atoms with Crippen molar-refractivity contribution in [2.75, 3.05) is 31.6 Å². The highest BCUT2D eigenvalue weighted by Gasteiger charge is 2.39. The van der Waals surface area contributed by atoms with Gasteiger partial charge in [-0.1, -0.05) is 25.1 Å². The first-order valence-corrected chi connectivity index (χ1v) is 8.85. The minimum Gasteiger partial charge on any atom is -0.371 e. The van der Waals surface area contributed by atoms with Gasteiger partial charge in [-0.2, -0.15) is 0 Å². The van der Waals surface area contributed by atoms with E-state index in [1.807, 2.05) is 20.0 Å². The van der Waals surface area contributed by atoms with E-state index in [1.54, 1.807) is 4.90 Å². The van der Waals surface area contributed by atoms with Crippen molar-refractivity contribution in [3.05, 3.63) is 29.8 Å². The van der Waals surface area contributed by atoms with Gasteiger partial charge in [0, 0.05) is 45.3 Å². The van der Waals surface area contributed by atoms with E-state index < -0.39 is 5.41 Å². The van der Waals surface area contributed by atoms with Crippen LogP contribution in [0.25, 0.3) is 0 Å². The van der Waals surface area contributed by atoms with Crippen LogP contribution in [0.15, 0.2) is 24.3 Å². The number of nitrogens with one attached hydrogen (secondary N) is 1. The summed E-state index contributed by atoms with van der Waals surface area (Å²) in [7, 11) is 1.85. The van der Waals surface area contributed by atoms with Crippen LogP contribution in [0.2, 0.25) is 0 Å². The fraction of sp³-hybridized carbons (Fsp3) is 0.579. The van der Waals surface area contributed by atoms with Gasteiger partial charge in [0.05, 0.1) is 5.41 Å². The number of hydrogen-bond donors (Lipinski definition) is 1. The van der Waals surface area contributed by atoms with Gasteiger partial charge in [0.1, 0.15) is 0 Å². The number of para-hydroxylation sites is 1. The molecule has 0 radical (unpaired) electrons. The number of rotatable bonds is 4. The Morgan fingerprint density at radius 1 is 1.29 bits per heavy atom. The average molecular weight is 329 g/mol. The third-order valence-corrected chi connectivity index (χ3v) is 5.26. The van der Waals surface area contributed by atoms with Gasteiger partial charge in [-0.3, -0.25) is 9.59 Å². The molecule has 2 heterocycles. The van der Waals surface area contributed by atoms with E-state index in [0.29, 0.717) is 19.5 Å². The van der Waals surface area contributed by atoms with Crippen LogP contribution in [-0.4, -0.2) is 43.4 Å². The quantitative estimate of drug-likeness (QED) is 0.921. The smallest absolute Gasteiger partial charge is 0.229 e. The molecule has 1 aromatic carbocycles. The molecule has 1 aromatic rings. The molecular formula is C19H27N3O2. The molecule has 5 nitrogen and oxygen atoms in total. The van der Waals surface area contributed by atoms with Crippen LogP contribution in [0.5, 0.6) is 0 Å². The summed E-state index contributed by atoms with van der Waals surface area (Å²) < 4.78 is 0. The van der Waals surface area contributed by atoms with Crippen molar-refractivity contribution in [1.29, 1.82) is 0 Å². The summed E-state index contributed by atoms with van der Waals surface area (Å²) in [5, 5.41) is 2.81. The Labute approximate surface area is 144 Å². The van der Waals surface area contributed by atoms with Crippen molar-refractivity contribution >= 4 is 17.5 Å². The van der Waals surface area contributed by atoms with Crippen molar-refractivity contribution in [1.82, 2.24) is 10.2 Å². The molecule has 0 aliphatic carbocycles. The molecular weight excluding hydrogens is 302 g/mol. The second-order valence-electron chi connectivity index (χ2n) is 7.32. The van der Waals surface area contributed by atoms with E-state index in [1.165, 1.54) is 24.1 Å². The molecule has 0 bridgehead atoms. The Morgan fingerprint density at radius 2 is 2.00 bits per heavy atom. The molecule has 24 heavy (non-hydrogen) atoms. The van der Waals surface area contributed by atoms with E-state index in [9.17, 15) is 9.59 Å². The van der Waals surface area contributed by atoms with Crippen LogP contribution in [0.1, 0.15) is 38.2 Å². The third-order valence-electron chi connectivity index (χ3n) is 5.26. The van der Waals surface area contributed by atoms with Crippen molar-refractivity contribution in [3.8, 4) is 0 Å². The van der Waals surface area contributed by atoms with Gasteiger partial charge in [-0.15, -0.1) is 0 Å². The number of anilines is 1. The number of carbonyl (C=O) groups excluding carboxylic acids is 2. The maximum atomic E-state index is 12.9. The van der Waals surface area contributed by atoms with Gasteiger partial charge >= 0.3 is 0 Å². The summed E-state index contributed by atoms with van der Waals surface area (Å²) in [6.45, 7) is 5.26. The molecule has 1 unspecified atom stereocenters. The molecule has 3 rings (SSSR count). The highest BCUT2D eigenvalue weighted by molar-refractivity contribution is 5.89. The molecule has 2 fully saturated rings. The number of amides is 2. The van der Waals surface area contributed by atoms with Gasteiger partial charge in [0.2, 0.25) is 11.8 Å². The maximum Gasteiger partial charge on any atom is 0.229 e. The first-order valence-electron chi connectivity index (χ1n) is 8.85.